The Morgan fingerprint density at radius 1 is 1.10 bits per heavy atom. The van der Waals surface area contributed by atoms with Crippen LogP contribution in [0.5, 0.6) is 0 Å². The van der Waals surface area contributed by atoms with Gasteiger partial charge in [-0.05, 0) is 57.2 Å². The first kappa shape index (κ1) is 24.7. The molecule has 1 aliphatic heterocycles. The van der Waals surface area contributed by atoms with Gasteiger partial charge in [-0.15, -0.1) is 24.0 Å². The van der Waals surface area contributed by atoms with Gasteiger partial charge in [0.1, 0.15) is 0 Å². The molecule has 166 valence electrons. The van der Waals surface area contributed by atoms with Crippen molar-refractivity contribution in [3.05, 3.63) is 52.8 Å². The zero-order valence-corrected chi connectivity index (χ0v) is 21.0. The van der Waals surface area contributed by atoms with E-state index in [0.29, 0.717) is 0 Å². The molecule has 0 spiro atoms. The van der Waals surface area contributed by atoms with Crippen LogP contribution < -0.4 is 10.6 Å². The van der Waals surface area contributed by atoms with E-state index in [4.69, 9.17) is 4.99 Å². The molecule has 30 heavy (non-hydrogen) atoms. The molecule has 0 aliphatic carbocycles. The third-order valence-electron chi connectivity index (χ3n) is 5.40. The fourth-order valence-corrected chi connectivity index (χ4v) is 3.91. The smallest absolute Gasteiger partial charge is 0.191 e. The largest absolute Gasteiger partial charge is 0.357 e. The number of aryl methyl sites for hydroxylation is 3. The Kier molecular flexibility index (Phi) is 10.6. The Morgan fingerprint density at radius 2 is 1.90 bits per heavy atom. The van der Waals surface area contributed by atoms with Crippen molar-refractivity contribution in [3.8, 4) is 0 Å². The van der Waals surface area contributed by atoms with Gasteiger partial charge in [-0.1, -0.05) is 24.3 Å². The maximum atomic E-state index is 4.72. The Balaban J connectivity index is 0.00000320. The van der Waals surface area contributed by atoms with E-state index >= 15 is 0 Å². The molecule has 0 atom stereocenters. The van der Waals surface area contributed by atoms with Crippen LogP contribution in [0.1, 0.15) is 42.3 Å². The van der Waals surface area contributed by atoms with Gasteiger partial charge in [0.25, 0.3) is 0 Å². The summed E-state index contributed by atoms with van der Waals surface area (Å²) >= 11 is 0. The summed E-state index contributed by atoms with van der Waals surface area (Å²) in [7, 11) is 0. The Labute approximate surface area is 198 Å². The molecule has 0 unspecified atom stereocenters. The van der Waals surface area contributed by atoms with Crippen LogP contribution in [-0.2, 0) is 19.5 Å². The first-order valence-corrected chi connectivity index (χ1v) is 11.0. The maximum absolute atomic E-state index is 4.72. The molecule has 1 aromatic heterocycles. The van der Waals surface area contributed by atoms with Crippen LogP contribution in [0.2, 0.25) is 0 Å². The number of halogens is 1. The lowest BCUT2D eigenvalue weighted by Crippen LogP contribution is -2.39. The van der Waals surface area contributed by atoms with E-state index in [1.807, 2.05) is 6.92 Å². The predicted molar refractivity (Wildman–Crippen MR) is 136 cm³/mol. The van der Waals surface area contributed by atoms with Crippen LogP contribution in [0.15, 0.2) is 35.3 Å². The Bertz CT molecular complexity index is 801. The van der Waals surface area contributed by atoms with Gasteiger partial charge in [0.05, 0.1) is 5.69 Å². The second-order valence-corrected chi connectivity index (χ2v) is 7.84. The average molecular weight is 524 g/mol. The summed E-state index contributed by atoms with van der Waals surface area (Å²) in [4.78, 5) is 7.28. The minimum absolute atomic E-state index is 0. The Morgan fingerprint density at radius 3 is 2.63 bits per heavy atom. The zero-order valence-electron chi connectivity index (χ0n) is 18.7. The van der Waals surface area contributed by atoms with Gasteiger partial charge in [-0.2, -0.15) is 5.10 Å². The second-order valence-electron chi connectivity index (χ2n) is 7.84. The van der Waals surface area contributed by atoms with Crippen molar-refractivity contribution in [1.29, 1.82) is 0 Å². The molecule has 2 N–H and O–H groups in total. The summed E-state index contributed by atoms with van der Waals surface area (Å²) in [5.41, 5.74) is 5.31. The maximum Gasteiger partial charge on any atom is 0.191 e. The summed E-state index contributed by atoms with van der Waals surface area (Å²) < 4.78 is 2.07. The summed E-state index contributed by atoms with van der Waals surface area (Å²) in [6.07, 6.45) is 3.28. The molecule has 1 aromatic carbocycles. The van der Waals surface area contributed by atoms with Gasteiger partial charge in [-0.25, -0.2) is 0 Å². The second kappa shape index (κ2) is 12.9. The van der Waals surface area contributed by atoms with Crippen molar-refractivity contribution >= 4 is 29.9 Å². The average Bonchev–Trinajstić information content (AvgIpc) is 3.05. The van der Waals surface area contributed by atoms with Gasteiger partial charge >= 0.3 is 0 Å². The highest BCUT2D eigenvalue weighted by molar-refractivity contribution is 14.0. The summed E-state index contributed by atoms with van der Waals surface area (Å²) in [5, 5.41) is 11.3. The molecule has 0 radical (unpaired) electrons. The van der Waals surface area contributed by atoms with E-state index in [9.17, 15) is 0 Å². The fraction of sp³-hybridized carbons (Fsp3) is 0.565. The van der Waals surface area contributed by atoms with Crippen molar-refractivity contribution in [3.63, 3.8) is 0 Å². The van der Waals surface area contributed by atoms with Gasteiger partial charge in [0, 0.05) is 51.5 Å². The van der Waals surface area contributed by atoms with E-state index < -0.39 is 0 Å². The molecule has 1 aliphatic rings. The zero-order chi connectivity index (χ0) is 20.5. The van der Waals surface area contributed by atoms with Gasteiger partial charge in [0.15, 0.2) is 5.96 Å². The molecule has 0 saturated carbocycles. The molecule has 0 fully saturated rings. The minimum Gasteiger partial charge on any atom is -0.357 e. The fourth-order valence-electron chi connectivity index (χ4n) is 3.91. The van der Waals surface area contributed by atoms with Crippen molar-refractivity contribution in [2.75, 3.05) is 32.7 Å². The molecule has 2 aromatic rings. The molecular weight excluding hydrogens is 487 g/mol. The van der Waals surface area contributed by atoms with E-state index in [1.165, 1.54) is 23.2 Å². The molecule has 0 bridgehead atoms. The molecule has 0 saturated heterocycles. The van der Waals surface area contributed by atoms with Crippen LogP contribution in [0, 0.1) is 13.8 Å². The highest BCUT2D eigenvalue weighted by Gasteiger charge is 2.14. The molecule has 3 rings (SSSR count). The number of benzene rings is 1. The first-order valence-electron chi connectivity index (χ1n) is 11.0. The summed E-state index contributed by atoms with van der Waals surface area (Å²) in [6.45, 7) is 13.2. The van der Waals surface area contributed by atoms with Crippen molar-refractivity contribution in [2.45, 2.75) is 53.1 Å². The highest BCUT2D eigenvalue weighted by Crippen LogP contribution is 2.18. The standard InChI is InChI=1S/C23H36N6.HI/c1-4-24-23(26-13-8-15-29-20(3)17-19(2)27-29)25-12-7-14-28-16-11-21-9-5-6-10-22(21)18-28;/h5-6,9-10,17H,4,7-8,11-16,18H2,1-3H3,(H2,24,25,26);1H. The monoisotopic (exact) mass is 524 g/mol. The number of nitrogens with zero attached hydrogens (tertiary/aromatic N) is 4. The van der Waals surface area contributed by atoms with Crippen LogP contribution in [0.3, 0.4) is 0 Å². The summed E-state index contributed by atoms with van der Waals surface area (Å²) in [6, 6.07) is 11.0. The predicted octanol–water partition coefficient (Wildman–Crippen LogP) is 3.51. The highest BCUT2D eigenvalue weighted by atomic mass is 127. The Hall–Kier alpha value is -1.61. The van der Waals surface area contributed by atoms with E-state index in [2.05, 4.69) is 69.5 Å². The van der Waals surface area contributed by atoms with Crippen molar-refractivity contribution in [1.82, 2.24) is 25.3 Å². The lowest BCUT2D eigenvalue weighted by Gasteiger charge is -2.28. The minimum atomic E-state index is 0. The lowest BCUT2D eigenvalue weighted by molar-refractivity contribution is 0.251. The van der Waals surface area contributed by atoms with Crippen molar-refractivity contribution in [2.24, 2.45) is 4.99 Å². The van der Waals surface area contributed by atoms with Gasteiger partial charge < -0.3 is 10.6 Å². The number of hydrogen-bond acceptors (Lipinski definition) is 3. The molecule has 6 nitrogen and oxygen atoms in total. The van der Waals surface area contributed by atoms with Crippen LogP contribution in [0.4, 0.5) is 0 Å². The number of nitrogens with one attached hydrogen (secondary N) is 2. The quantitative estimate of drug-likeness (QED) is 0.228. The normalized spacial score (nSPS) is 14.2. The van der Waals surface area contributed by atoms with Crippen LogP contribution in [-0.4, -0.2) is 53.4 Å². The van der Waals surface area contributed by atoms with Crippen LogP contribution >= 0.6 is 24.0 Å². The third kappa shape index (κ3) is 7.58. The van der Waals surface area contributed by atoms with Crippen molar-refractivity contribution < 1.29 is 0 Å². The van der Waals surface area contributed by atoms with E-state index in [1.54, 1.807) is 0 Å². The SMILES string of the molecule is CCNC(=NCCCn1nc(C)cc1C)NCCCN1CCc2ccccc2C1.I. The number of aliphatic imine (C=N–C) groups is 1. The summed E-state index contributed by atoms with van der Waals surface area (Å²) in [5.74, 6) is 0.921. The van der Waals surface area contributed by atoms with Crippen LogP contribution in [0.25, 0.3) is 0 Å². The third-order valence-corrected chi connectivity index (χ3v) is 5.40. The number of guanidine groups is 1. The van der Waals surface area contributed by atoms with Gasteiger partial charge in [0.2, 0.25) is 0 Å². The molecule has 0 amide bonds. The topological polar surface area (TPSA) is 57.5 Å². The number of hydrogen-bond donors (Lipinski definition) is 2. The molecule has 7 heteroatoms. The lowest BCUT2D eigenvalue weighted by atomic mass is 10.00. The molecule has 2 heterocycles. The van der Waals surface area contributed by atoms with E-state index in [-0.39, 0.29) is 24.0 Å². The number of fused-ring (bicyclic) bond motifs is 1. The first-order chi connectivity index (χ1) is 14.2. The molecular formula is C23H37IN6. The van der Waals surface area contributed by atoms with E-state index in [0.717, 1.165) is 70.3 Å². The number of rotatable bonds is 9. The number of aromatic nitrogens is 2. The van der Waals surface area contributed by atoms with Gasteiger partial charge in [-0.3, -0.25) is 14.6 Å².